The molecule has 1 aromatic rings. The topological polar surface area (TPSA) is 113 Å². The van der Waals surface area contributed by atoms with Gasteiger partial charge >= 0.3 is 5.97 Å². The zero-order chi connectivity index (χ0) is 20.8. The van der Waals surface area contributed by atoms with Crippen LogP contribution in [0.25, 0.3) is 0 Å². The molecule has 8 heteroatoms. The Morgan fingerprint density at radius 1 is 1.14 bits per heavy atom. The SMILES string of the molecule is CC(C)(NS(=O)(=O)c1ccccc1)C(=O)NC1C2CC3(C(=O)O)CC4CC1C43C2. The van der Waals surface area contributed by atoms with Crippen LogP contribution in [0.5, 0.6) is 0 Å². The van der Waals surface area contributed by atoms with Gasteiger partial charge in [0.2, 0.25) is 15.9 Å². The van der Waals surface area contributed by atoms with Crippen LogP contribution in [-0.4, -0.2) is 37.0 Å². The molecule has 1 aromatic carbocycles. The number of hydrogen-bond donors (Lipinski definition) is 3. The average molecular weight is 419 g/mol. The number of aliphatic carboxylic acids is 1. The van der Waals surface area contributed by atoms with Crippen molar-refractivity contribution in [2.45, 2.75) is 56.0 Å². The number of benzene rings is 1. The number of rotatable bonds is 6. The Bertz CT molecular complexity index is 1010. The summed E-state index contributed by atoms with van der Waals surface area (Å²) < 4.78 is 27.8. The highest BCUT2D eigenvalue weighted by atomic mass is 32.2. The van der Waals surface area contributed by atoms with Crippen molar-refractivity contribution >= 4 is 21.9 Å². The molecule has 4 saturated carbocycles. The number of fused-ring (bicyclic) bond motifs is 1. The minimum Gasteiger partial charge on any atom is -0.481 e. The zero-order valence-electron chi connectivity index (χ0n) is 16.5. The molecule has 4 fully saturated rings. The number of carbonyl (C=O) groups is 2. The summed E-state index contributed by atoms with van der Waals surface area (Å²) in [5, 5.41) is 12.9. The Hall–Kier alpha value is -1.93. The third kappa shape index (κ3) is 2.24. The second-order valence-corrected chi connectivity index (χ2v) is 11.6. The Morgan fingerprint density at radius 3 is 2.45 bits per heavy atom. The lowest BCUT2D eigenvalue weighted by Crippen LogP contribution is -2.73. The number of sulfonamides is 1. The third-order valence-corrected chi connectivity index (χ3v) is 9.96. The van der Waals surface area contributed by atoms with E-state index in [9.17, 15) is 23.1 Å². The monoisotopic (exact) mass is 418 g/mol. The second kappa shape index (κ2) is 5.60. The van der Waals surface area contributed by atoms with Crippen LogP contribution in [0.4, 0.5) is 0 Å². The van der Waals surface area contributed by atoms with Gasteiger partial charge in [0.15, 0.2) is 0 Å². The summed E-state index contributed by atoms with van der Waals surface area (Å²) in [7, 11) is -3.83. The molecule has 1 amide bonds. The maximum Gasteiger partial charge on any atom is 0.310 e. The van der Waals surface area contributed by atoms with Gasteiger partial charge < -0.3 is 10.4 Å². The van der Waals surface area contributed by atoms with Crippen LogP contribution in [0, 0.1) is 28.6 Å². The first kappa shape index (κ1) is 19.1. The van der Waals surface area contributed by atoms with Crippen molar-refractivity contribution in [3.05, 3.63) is 30.3 Å². The second-order valence-electron chi connectivity index (χ2n) is 9.88. The van der Waals surface area contributed by atoms with Crippen molar-refractivity contribution in [2.75, 3.05) is 0 Å². The summed E-state index contributed by atoms with van der Waals surface area (Å²) in [6, 6.07) is 7.92. The number of carboxylic acid groups (broad SMARTS) is 1. The van der Waals surface area contributed by atoms with Gasteiger partial charge in [0.05, 0.1) is 10.3 Å². The summed E-state index contributed by atoms with van der Waals surface area (Å²) in [6.07, 6.45) is 3.23. The highest BCUT2D eigenvalue weighted by molar-refractivity contribution is 7.89. The molecule has 0 aliphatic heterocycles. The van der Waals surface area contributed by atoms with Crippen molar-refractivity contribution < 1.29 is 23.1 Å². The molecule has 0 saturated heterocycles. The molecule has 156 valence electrons. The fraction of sp³-hybridized carbons (Fsp3) is 0.619. The first-order valence-electron chi connectivity index (χ1n) is 10.2. The van der Waals surface area contributed by atoms with Crippen molar-refractivity contribution in [1.29, 1.82) is 0 Å². The standard InChI is InChI=1S/C21H26N2O5S/c1-19(2,23-29(27,28)14-6-4-3-5-7-14)17(24)22-16-12-9-20(18(25)26)11-13-8-15(16)21(13,20)10-12/h3-7,12-13,15-16,23H,8-11H2,1-2H3,(H,22,24)(H,25,26). The van der Waals surface area contributed by atoms with Crippen LogP contribution in [0.15, 0.2) is 35.2 Å². The smallest absolute Gasteiger partial charge is 0.310 e. The van der Waals surface area contributed by atoms with Gasteiger partial charge in [-0.2, -0.15) is 4.72 Å². The summed E-state index contributed by atoms with van der Waals surface area (Å²) in [4.78, 5) is 25.1. The molecule has 1 spiro atoms. The summed E-state index contributed by atoms with van der Waals surface area (Å²) in [6.45, 7) is 3.12. The van der Waals surface area contributed by atoms with Crippen LogP contribution in [0.2, 0.25) is 0 Å². The van der Waals surface area contributed by atoms with E-state index in [0.29, 0.717) is 12.3 Å². The van der Waals surface area contributed by atoms with E-state index in [1.54, 1.807) is 32.0 Å². The van der Waals surface area contributed by atoms with E-state index < -0.39 is 26.9 Å². The lowest BCUT2D eigenvalue weighted by molar-refractivity contribution is -0.252. The van der Waals surface area contributed by atoms with E-state index in [1.165, 1.54) is 12.1 Å². The molecule has 0 radical (unpaired) electrons. The van der Waals surface area contributed by atoms with E-state index in [-0.39, 0.29) is 34.1 Å². The summed E-state index contributed by atoms with van der Waals surface area (Å²) >= 11 is 0. The number of carbonyl (C=O) groups excluding carboxylic acids is 1. The van der Waals surface area contributed by atoms with E-state index in [2.05, 4.69) is 10.0 Å². The summed E-state index contributed by atoms with van der Waals surface area (Å²) in [5.41, 5.74) is -2.05. The molecule has 4 aliphatic carbocycles. The average Bonchev–Trinajstić information content (AvgIpc) is 3.10. The number of carboxylic acids is 1. The molecule has 0 heterocycles. The van der Waals surface area contributed by atoms with Gasteiger partial charge in [-0.3, -0.25) is 9.59 Å². The highest BCUT2D eigenvalue weighted by Gasteiger charge is 2.85. The predicted octanol–water partition coefficient (Wildman–Crippen LogP) is 1.75. The fourth-order valence-corrected chi connectivity index (χ4v) is 8.51. The van der Waals surface area contributed by atoms with Crippen molar-refractivity contribution in [2.24, 2.45) is 28.6 Å². The van der Waals surface area contributed by atoms with Crippen molar-refractivity contribution in [3.63, 3.8) is 0 Å². The Labute approximate surface area is 170 Å². The lowest BCUT2D eigenvalue weighted by Gasteiger charge is -2.72. The molecule has 0 aromatic heterocycles. The van der Waals surface area contributed by atoms with E-state index >= 15 is 0 Å². The van der Waals surface area contributed by atoms with Gasteiger partial charge in [0.1, 0.15) is 5.54 Å². The molecule has 5 rings (SSSR count). The molecule has 29 heavy (non-hydrogen) atoms. The van der Waals surface area contributed by atoms with Gasteiger partial charge in [0, 0.05) is 6.04 Å². The van der Waals surface area contributed by atoms with Gasteiger partial charge in [-0.05, 0) is 74.8 Å². The normalized spacial score (nSPS) is 39.2. The summed E-state index contributed by atoms with van der Waals surface area (Å²) in [5.74, 6) is -0.216. The lowest BCUT2D eigenvalue weighted by atomic mass is 9.31. The molecule has 2 bridgehead atoms. The van der Waals surface area contributed by atoms with Gasteiger partial charge in [-0.15, -0.1) is 0 Å². The van der Waals surface area contributed by atoms with Gasteiger partial charge in [0.25, 0.3) is 0 Å². The van der Waals surface area contributed by atoms with Crippen molar-refractivity contribution in [3.8, 4) is 0 Å². The Morgan fingerprint density at radius 2 is 1.83 bits per heavy atom. The van der Waals surface area contributed by atoms with Crippen LogP contribution in [-0.2, 0) is 19.6 Å². The number of hydrogen-bond acceptors (Lipinski definition) is 4. The first-order valence-corrected chi connectivity index (χ1v) is 11.7. The Balaban J connectivity index is 1.31. The minimum absolute atomic E-state index is 0.0629. The maximum atomic E-state index is 13.0. The molecular weight excluding hydrogens is 392 g/mol. The van der Waals surface area contributed by atoms with E-state index in [4.69, 9.17) is 0 Å². The zero-order valence-corrected chi connectivity index (χ0v) is 17.3. The molecule has 7 nitrogen and oxygen atoms in total. The van der Waals surface area contributed by atoms with Crippen LogP contribution < -0.4 is 10.0 Å². The van der Waals surface area contributed by atoms with Crippen molar-refractivity contribution in [1.82, 2.24) is 10.0 Å². The highest BCUT2D eigenvalue weighted by Crippen LogP contribution is 2.86. The molecule has 6 atom stereocenters. The van der Waals surface area contributed by atoms with E-state index in [0.717, 1.165) is 19.3 Å². The van der Waals surface area contributed by atoms with Gasteiger partial charge in [-0.25, -0.2) is 8.42 Å². The minimum atomic E-state index is -3.83. The molecule has 3 N–H and O–H groups in total. The van der Waals surface area contributed by atoms with Crippen LogP contribution >= 0.6 is 0 Å². The van der Waals surface area contributed by atoms with Gasteiger partial charge in [-0.1, -0.05) is 18.2 Å². The largest absolute Gasteiger partial charge is 0.481 e. The van der Waals surface area contributed by atoms with E-state index in [1.807, 2.05) is 0 Å². The third-order valence-electron chi connectivity index (χ3n) is 8.28. The maximum absolute atomic E-state index is 13.0. The molecule has 4 aliphatic rings. The van der Waals surface area contributed by atoms with Crippen LogP contribution in [0.3, 0.4) is 0 Å². The quantitative estimate of drug-likeness (QED) is 0.652. The van der Waals surface area contributed by atoms with Crippen LogP contribution in [0.1, 0.15) is 39.5 Å². The Kier molecular flexibility index (Phi) is 3.68. The number of nitrogens with one attached hydrogen (secondary N) is 2. The molecule has 6 unspecified atom stereocenters. The fourth-order valence-electron chi connectivity index (χ4n) is 7.11. The first-order chi connectivity index (χ1) is 13.5. The predicted molar refractivity (Wildman–Crippen MR) is 104 cm³/mol. The number of amides is 1. The molecular formula is C21H26N2O5S.